The van der Waals surface area contributed by atoms with E-state index in [1.807, 2.05) is 5.38 Å². The van der Waals surface area contributed by atoms with Crippen LogP contribution < -0.4 is 16.4 Å². The van der Waals surface area contributed by atoms with Crippen LogP contribution in [0.1, 0.15) is 17.3 Å². The fourth-order valence-corrected chi connectivity index (χ4v) is 2.43. The van der Waals surface area contributed by atoms with Crippen molar-refractivity contribution in [2.24, 2.45) is 0 Å². The van der Waals surface area contributed by atoms with Gasteiger partial charge in [0.25, 0.3) is 0 Å². The van der Waals surface area contributed by atoms with Gasteiger partial charge in [0.15, 0.2) is 22.6 Å². The number of hydrogen-bond acceptors (Lipinski definition) is 8. The Morgan fingerprint density at radius 3 is 2.39 bits per heavy atom. The number of ketones is 1. The lowest BCUT2D eigenvalue weighted by Crippen LogP contribution is -2.05. The number of benzene rings is 1. The van der Waals surface area contributed by atoms with Crippen LogP contribution in [0.4, 0.5) is 28.1 Å². The van der Waals surface area contributed by atoms with Gasteiger partial charge in [-0.15, -0.1) is 11.3 Å². The summed E-state index contributed by atoms with van der Waals surface area (Å²) < 4.78 is 0. The van der Waals surface area contributed by atoms with Gasteiger partial charge < -0.3 is 16.4 Å². The largest absolute Gasteiger partial charge is 0.393 e. The first-order chi connectivity index (χ1) is 11.1. The molecule has 116 valence electrons. The van der Waals surface area contributed by atoms with Gasteiger partial charge >= 0.3 is 0 Å². The minimum atomic E-state index is 0.0213. The van der Waals surface area contributed by atoms with Gasteiger partial charge in [-0.2, -0.15) is 0 Å². The summed E-state index contributed by atoms with van der Waals surface area (Å²) in [6.45, 7) is 1.53. The van der Waals surface area contributed by atoms with E-state index < -0.39 is 0 Å². The number of aromatic nitrogens is 3. The predicted molar refractivity (Wildman–Crippen MR) is 91.6 cm³/mol. The minimum absolute atomic E-state index is 0.0213. The molecule has 0 radical (unpaired) electrons. The van der Waals surface area contributed by atoms with E-state index in [-0.39, 0.29) is 5.78 Å². The summed E-state index contributed by atoms with van der Waals surface area (Å²) >= 11 is 1.45. The number of anilines is 5. The van der Waals surface area contributed by atoms with E-state index >= 15 is 0 Å². The van der Waals surface area contributed by atoms with E-state index in [0.29, 0.717) is 28.0 Å². The molecule has 23 heavy (non-hydrogen) atoms. The van der Waals surface area contributed by atoms with Crippen molar-refractivity contribution in [3.63, 3.8) is 0 Å². The highest BCUT2D eigenvalue weighted by atomic mass is 32.1. The van der Waals surface area contributed by atoms with E-state index in [2.05, 4.69) is 25.6 Å². The summed E-state index contributed by atoms with van der Waals surface area (Å²) in [4.78, 5) is 23.7. The van der Waals surface area contributed by atoms with Crippen LogP contribution in [0, 0.1) is 0 Å². The third kappa shape index (κ3) is 3.43. The first kappa shape index (κ1) is 14.9. The Bertz CT molecular complexity index is 816. The van der Waals surface area contributed by atoms with Crippen LogP contribution in [0.25, 0.3) is 0 Å². The van der Waals surface area contributed by atoms with Gasteiger partial charge in [-0.05, 0) is 31.2 Å². The molecule has 4 N–H and O–H groups in total. The molecule has 0 unspecified atom stereocenters. The Labute approximate surface area is 136 Å². The van der Waals surface area contributed by atoms with Gasteiger partial charge in [0.1, 0.15) is 12.0 Å². The van der Waals surface area contributed by atoms with E-state index in [0.717, 1.165) is 5.69 Å². The van der Waals surface area contributed by atoms with Gasteiger partial charge in [-0.1, -0.05) is 0 Å². The maximum atomic E-state index is 11.3. The van der Waals surface area contributed by atoms with Gasteiger partial charge in [0.05, 0.1) is 0 Å². The highest BCUT2D eigenvalue weighted by molar-refractivity contribution is 7.13. The third-order valence-electron chi connectivity index (χ3n) is 3.10. The number of Topliss-reactive ketones (excluding diaryl/α,β-unsaturated/α-hetero) is 1. The number of hydrogen-bond donors (Lipinski definition) is 3. The van der Waals surface area contributed by atoms with Crippen LogP contribution in [-0.2, 0) is 0 Å². The van der Waals surface area contributed by atoms with Crippen molar-refractivity contribution < 1.29 is 4.79 Å². The van der Waals surface area contributed by atoms with Gasteiger partial charge in [0, 0.05) is 22.8 Å². The number of nitrogen functional groups attached to an aromatic ring is 1. The number of carbonyl (C=O) groups excluding carboxylic acids is 1. The molecule has 0 bridgehead atoms. The molecule has 0 aliphatic rings. The lowest BCUT2D eigenvalue weighted by molar-refractivity contribution is 0.101. The summed E-state index contributed by atoms with van der Waals surface area (Å²) in [7, 11) is 0. The maximum absolute atomic E-state index is 11.3. The molecule has 0 saturated carbocycles. The smallest absolute Gasteiger partial charge is 0.188 e. The van der Waals surface area contributed by atoms with Crippen LogP contribution in [0.15, 0.2) is 42.2 Å². The summed E-state index contributed by atoms with van der Waals surface area (Å²) in [6, 6.07) is 7.09. The van der Waals surface area contributed by atoms with Crippen molar-refractivity contribution in [2.45, 2.75) is 6.92 Å². The topological polar surface area (TPSA) is 106 Å². The molecule has 0 aliphatic heterocycles. The van der Waals surface area contributed by atoms with Crippen molar-refractivity contribution >= 4 is 45.3 Å². The molecule has 0 amide bonds. The first-order valence-corrected chi connectivity index (χ1v) is 7.66. The number of carbonyl (C=O) groups is 1. The highest BCUT2D eigenvalue weighted by Gasteiger charge is 2.10. The summed E-state index contributed by atoms with van der Waals surface area (Å²) in [5.41, 5.74) is 7.91. The molecule has 0 fully saturated rings. The monoisotopic (exact) mass is 326 g/mol. The van der Waals surface area contributed by atoms with E-state index in [9.17, 15) is 4.79 Å². The molecule has 2 aromatic heterocycles. The van der Waals surface area contributed by atoms with Crippen molar-refractivity contribution in [2.75, 3.05) is 16.4 Å². The molecular formula is C15H14N6OS. The highest BCUT2D eigenvalue weighted by Crippen LogP contribution is 2.28. The number of thiazole rings is 1. The molecule has 3 aromatic rings. The van der Waals surface area contributed by atoms with Gasteiger partial charge in [-0.25, -0.2) is 15.0 Å². The number of nitrogens with one attached hydrogen (secondary N) is 2. The molecular weight excluding hydrogens is 312 g/mol. The summed E-state index contributed by atoms with van der Waals surface area (Å²) in [6.07, 6.45) is 3.11. The molecule has 0 saturated heterocycles. The van der Waals surface area contributed by atoms with Crippen LogP contribution in [0.3, 0.4) is 0 Å². The average molecular weight is 326 g/mol. The molecule has 0 aliphatic carbocycles. The Hall–Kier alpha value is -3.00. The SMILES string of the molecule is CC(=O)c1ccc(Nc2ncnc(Nc3nccs3)c2N)cc1. The van der Waals surface area contributed by atoms with E-state index in [1.54, 1.807) is 30.5 Å². The normalized spacial score (nSPS) is 10.3. The number of nitrogens with zero attached hydrogens (tertiary/aromatic N) is 3. The average Bonchev–Trinajstić information content (AvgIpc) is 3.05. The zero-order chi connectivity index (χ0) is 16.2. The second-order valence-corrected chi connectivity index (χ2v) is 5.60. The number of nitrogens with two attached hydrogens (primary N) is 1. The zero-order valence-corrected chi connectivity index (χ0v) is 13.1. The fourth-order valence-electron chi connectivity index (χ4n) is 1.91. The fraction of sp³-hybridized carbons (Fsp3) is 0.0667. The summed E-state index contributed by atoms with van der Waals surface area (Å²) in [5.74, 6) is 0.987. The second-order valence-electron chi connectivity index (χ2n) is 4.71. The maximum Gasteiger partial charge on any atom is 0.188 e. The molecule has 0 atom stereocenters. The first-order valence-electron chi connectivity index (χ1n) is 6.78. The van der Waals surface area contributed by atoms with Crippen LogP contribution >= 0.6 is 11.3 Å². The molecule has 8 heteroatoms. The number of rotatable bonds is 5. The second kappa shape index (κ2) is 6.41. The van der Waals surface area contributed by atoms with Crippen molar-refractivity contribution in [3.05, 3.63) is 47.7 Å². The Kier molecular flexibility index (Phi) is 4.15. The Morgan fingerprint density at radius 2 is 1.78 bits per heavy atom. The standard InChI is InChI=1S/C15H14N6OS/c1-9(22)10-2-4-11(5-3-10)20-13-12(16)14(19-8-18-13)21-15-17-6-7-23-15/h2-8H,16H2,1H3,(H2,17,18,19,20,21). The van der Waals surface area contributed by atoms with E-state index in [1.165, 1.54) is 24.6 Å². The van der Waals surface area contributed by atoms with Crippen LogP contribution in [-0.4, -0.2) is 20.7 Å². The Balaban J connectivity index is 1.81. The van der Waals surface area contributed by atoms with Crippen LogP contribution in [0.5, 0.6) is 0 Å². The molecule has 0 spiro atoms. The molecule has 1 aromatic carbocycles. The van der Waals surface area contributed by atoms with Crippen molar-refractivity contribution in [1.82, 2.24) is 15.0 Å². The molecule has 7 nitrogen and oxygen atoms in total. The lowest BCUT2D eigenvalue weighted by Gasteiger charge is -2.11. The van der Waals surface area contributed by atoms with Crippen LogP contribution in [0.2, 0.25) is 0 Å². The molecule has 2 heterocycles. The third-order valence-corrected chi connectivity index (χ3v) is 3.78. The lowest BCUT2D eigenvalue weighted by atomic mass is 10.1. The predicted octanol–water partition coefficient (Wildman–Crippen LogP) is 3.21. The van der Waals surface area contributed by atoms with Crippen molar-refractivity contribution in [3.8, 4) is 0 Å². The quantitative estimate of drug-likeness (QED) is 0.618. The van der Waals surface area contributed by atoms with E-state index in [4.69, 9.17) is 5.73 Å². The Morgan fingerprint density at radius 1 is 1.09 bits per heavy atom. The minimum Gasteiger partial charge on any atom is -0.393 e. The summed E-state index contributed by atoms with van der Waals surface area (Å²) in [5, 5.41) is 8.72. The van der Waals surface area contributed by atoms with Gasteiger partial charge in [-0.3, -0.25) is 4.79 Å². The zero-order valence-electron chi connectivity index (χ0n) is 12.3. The molecule has 3 rings (SSSR count). The van der Waals surface area contributed by atoms with Crippen molar-refractivity contribution in [1.29, 1.82) is 0 Å². The van der Waals surface area contributed by atoms with Gasteiger partial charge in [0.2, 0.25) is 0 Å².